The first-order valence-electron chi connectivity index (χ1n) is 8.81. The average molecular weight is 360 g/mol. The quantitative estimate of drug-likeness (QED) is 0.849. The van der Waals surface area contributed by atoms with Crippen molar-refractivity contribution < 1.29 is 29.2 Å². The molecule has 0 aliphatic carbocycles. The van der Waals surface area contributed by atoms with E-state index in [1.807, 2.05) is 24.3 Å². The third kappa shape index (κ3) is 3.03. The van der Waals surface area contributed by atoms with Crippen molar-refractivity contribution in [1.29, 1.82) is 0 Å². The Balaban J connectivity index is 1.55. The third-order valence-corrected chi connectivity index (χ3v) is 5.03. The van der Waals surface area contributed by atoms with Crippen molar-refractivity contribution in [3.8, 4) is 0 Å². The monoisotopic (exact) mass is 360 g/mol. The van der Waals surface area contributed by atoms with Crippen LogP contribution in [0.15, 0.2) is 42.5 Å². The first kappa shape index (κ1) is 17.9. The van der Waals surface area contributed by atoms with Crippen molar-refractivity contribution >= 4 is 10.8 Å². The van der Waals surface area contributed by atoms with Gasteiger partial charge in [-0.3, -0.25) is 0 Å². The molecule has 0 bridgehead atoms. The first-order chi connectivity index (χ1) is 12.5. The highest BCUT2D eigenvalue weighted by atomic mass is 16.8. The lowest BCUT2D eigenvalue weighted by molar-refractivity contribution is -0.258. The predicted octanol–water partition coefficient (Wildman–Crippen LogP) is 1.96. The fourth-order valence-corrected chi connectivity index (χ4v) is 3.72. The first-order valence-corrected chi connectivity index (χ1v) is 8.81. The zero-order valence-corrected chi connectivity index (χ0v) is 14.9. The van der Waals surface area contributed by atoms with Crippen LogP contribution in [-0.4, -0.2) is 53.3 Å². The summed E-state index contributed by atoms with van der Waals surface area (Å²) in [5.74, 6) is -0.795. The summed E-state index contributed by atoms with van der Waals surface area (Å²) in [6, 6.07) is 14.2. The lowest BCUT2D eigenvalue weighted by atomic mass is 9.96. The van der Waals surface area contributed by atoms with Crippen molar-refractivity contribution in [2.75, 3.05) is 13.2 Å². The highest BCUT2D eigenvalue weighted by Crippen LogP contribution is 2.43. The van der Waals surface area contributed by atoms with Gasteiger partial charge < -0.3 is 29.2 Å². The number of aliphatic hydroxyl groups is 2. The number of ether oxygens (including phenoxy) is 4. The average Bonchev–Trinajstić information content (AvgIpc) is 3.08. The van der Waals surface area contributed by atoms with Crippen LogP contribution < -0.4 is 0 Å². The SMILES string of the molecule is CC1(C)O[C@H]2OC(CO)(CO)[C@H](OCc3ccc4ccccc4c3)[C@H]2O1. The topological polar surface area (TPSA) is 77.4 Å². The summed E-state index contributed by atoms with van der Waals surface area (Å²) in [5.41, 5.74) is -0.252. The van der Waals surface area contributed by atoms with Crippen LogP contribution in [0, 0.1) is 0 Å². The maximum Gasteiger partial charge on any atom is 0.190 e. The molecule has 2 aromatic rings. The summed E-state index contributed by atoms with van der Waals surface area (Å²) in [4.78, 5) is 0. The summed E-state index contributed by atoms with van der Waals surface area (Å²) in [6.07, 6.45) is -1.83. The lowest BCUT2D eigenvalue weighted by Gasteiger charge is -2.33. The van der Waals surface area contributed by atoms with Crippen molar-refractivity contribution in [1.82, 2.24) is 0 Å². The number of fused-ring (bicyclic) bond motifs is 2. The van der Waals surface area contributed by atoms with E-state index in [2.05, 4.69) is 18.2 Å². The number of hydrogen-bond donors (Lipinski definition) is 2. The molecule has 6 nitrogen and oxygen atoms in total. The molecule has 0 spiro atoms. The molecule has 0 amide bonds. The zero-order chi connectivity index (χ0) is 18.4. The van der Waals surface area contributed by atoms with Gasteiger partial charge in [-0.25, -0.2) is 0 Å². The molecule has 2 aliphatic rings. The van der Waals surface area contributed by atoms with E-state index in [4.69, 9.17) is 18.9 Å². The molecule has 0 aromatic heterocycles. The number of aliphatic hydroxyl groups excluding tert-OH is 2. The van der Waals surface area contributed by atoms with Gasteiger partial charge in [0.15, 0.2) is 12.1 Å². The van der Waals surface area contributed by atoms with Crippen LogP contribution in [0.4, 0.5) is 0 Å². The molecule has 26 heavy (non-hydrogen) atoms. The van der Waals surface area contributed by atoms with Gasteiger partial charge in [0.2, 0.25) is 0 Å². The van der Waals surface area contributed by atoms with Crippen molar-refractivity contribution in [3.05, 3.63) is 48.0 Å². The van der Waals surface area contributed by atoms with E-state index in [1.165, 1.54) is 0 Å². The maximum atomic E-state index is 9.83. The second kappa shape index (κ2) is 6.56. The molecule has 0 radical (unpaired) electrons. The van der Waals surface area contributed by atoms with E-state index in [0.29, 0.717) is 6.61 Å². The van der Waals surface area contributed by atoms with E-state index >= 15 is 0 Å². The molecule has 0 unspecified atom stereocenters. The molecule has 140 valence electrons. The van der Waals surface area contributed by atoms with E-state index < -0.39 is 29.9 Å². The normalized spacial score (nSPS) is 29.2. The van der Waals surface area contributed by atoms with Gasteiger partial charge in [0.1, 0.15) is 17.8 Å². The maximum absolute atomic E-state index is 9.83. The van der Waals surface area contributed by atoms with Gasteiger partial charge in [0.05, 0.1) is 19.8 Å². The highest BCUT2D eigenvalue weighted by Gasteiger charge is 2.62. The van der Waals surface area contributed by atoms with Gasteiger partial charge in [-0.1, -0.05) is 36.4 Å². The molecule has 4 rings (SSSR count). The van der Waals surface area contributed by atoms with Crippen LogP contribution in [0.25, 0.3) is 10.8 Å². The Hall–Kier alpha value is -1.54. The summed E-state index contributed by atoms with van der Waals surface area (Å²) in [6.45, 7) is 3.15. The summed E-state index contributed by atoms with van der Waals surface area (Å²) in [7, 11) is 0. The second-order valence-electron chi connectivity index (χ2n) is 7.38. The number of hydrogen-bond acceptors (Lipinski definition) is 6. The summed E-state index contributed by atoms with van der Waals surface area (Å²) >= 11 is 0. The highest BCUT2D eigenvalue weighted by molar-refractivity contribution is 5.82. The predicted molar refractivity (Wildman–Crippen MR) is 94.3 cm³/mol. The Bertz CT molecular complexity index is 785. The summed E-state index contributed by atoms with van der Waals surface area (Å²) < 4.78 is 23.5. The van der Waals surface area contributed by atoms with Gasteiger partial charge >= 0.3 is 0 Å². The van der Waals surface area contributed by atoms with Gasteiger partial charge in [-0.05, 0) is 36.2 Å². The van der Waals surface area contributed by atoms with Crippen LogP contribution in [0.3, 0.4) is 0 Å². The van der Waals surface area contributed by atoms with Crippen LogP contribution in [0.1, 0.15) is 19.4 Å². The Kier molecular flexibility index (Phi) is 4.51. The molecule has 2 heterocycles. The zero-order valence-electron chi connectivity index (χ0n) is 14.9. The van der Waals surface area contributed by atoms with E-state index in [0.717, 1.165) is 16.3 Å². The molecule has 2 fully saturated rings. The minimum absolute atomic E-state index is 0.313. The van der Waals surface area contributed by atoms with Crippen molar-refractivity contribution in [2.45, 2.75) is 50.3 Å². The molecule has 2 aromatic carbocycles. The molecule has 2 saturated heterocycles. The number of benzene rings is 2. The molecular formula is C20H24O6. The smallest absolute Gasteiger partial charge is 0.190 e. The summed E-state index contributed by atoms with van der Waals surface area (Å²) in [5, 5.41) is 22.0. The standard InChI is InChI=1S/C20H24O6/c1-19(2)24-16-17(20(11-21,12-22)26-18(16)25-19)23-10-13-7-8-14-5-3-4-6-15(14)9-13/h3-9,16-18,21-22H,10-12H2,1-2H3/t16-,17-,18+/m1/s1. The lowest BCUT2D eigenvalue weighted by Crippen LogP contribution is -2.52. The van der Waals surface area contributed by atoms with Crippen LogP contribution in [0.2, 0.25) is 0 Å². The van der Waals surface area contributed by atoms with E-state index in [9.17, 15) is 10.2 Å². The molecular weight excluding hydrogens is 336 g/mol. The second-order valence-corrected chi connectivity index (χ2v) is 7.38. The minimum atomic E-state index is -1.25. The van der Waals surface area contributed by atoms with Crippen LogP contribution >= 0.6 is 0 Å². The molecule has 3 atom stereocenters. The fourth-order valence-electron chi connectivity index (χ4n) is 3.72. The van der Waals surface area contributed by atoms with E-state index in [-0.39, 0.29) is 13.2 Å². The third-order valence-electron chi connectivity index (χ3n) is 5.03. The van der Waals surface area contributed by atoms with Gasteiger partial charge in [-0.2, -0.15) is 0 Å². The molecule has 0 saturated carbocycles. The number of rotatable bonds is 5. The minimum Gasteiger partial charge on any atom is -0.393 e. The van der Waals surface area contributed by atoms with Gasteiger partial charge in [-0.15, -0.1) is 0 Å². The Morgan fingerprint density at radius 2 is 1.69 bits per heavy atom. The Morgan fingerprint density at radius 3 is 2.42 bits per heavy atom. The van der Waals surface area contributed by atoms with Crippen LogP contribution in [-0.2, 0) is 25.6 Å². The van der Waals surface area contributed by atoms with Crippen molar-refractivity contribution in [3.63, 3.8) is 0 Å². The molecule has 2 aliphatic heterocycles. The van der Waals surface area contributed by atoms with Gasteiger partial charge in [0.25, 0.3) is 0 Å². The fraction of sp³-hybridized carbons (Fsp3) is 0.500. The molecule has 6 heteroatoms. The van der Waals surface area contributed by atoms with Crippen molar-refractivity contribution in [2.24, 2.45) is 0 Å². The van der Waals surface area contributed by atoms with Gasteiger partial charge in [0, 0.05) is 0 Å². The largest absolute Gasteiger partial charge is 0.393 e. The van der Waals surface area contributed by atoms with Crippen LogP contribution in [0.5, 0.6) is 0 Å². The Morgan fingerprint density at radius 1 is 0.962 bits per heavy atom. The van der Waals surface area contributed by atoms with E-state index in [1.54, 1.807) is 13.8 Å². The molecule has 2 N–H and O–H groups in total. The Labute approximate surface area is 152 Å².